The molecule has 2 heteroatoms. The molecule has 0 atom stereocenters. The SMILES string of the molecule is CCCCc1ccoc(=O)c1. The summed E-state index contributed by atoms with van der Waals surface area (Å²) >= 11 is 0. The molecule has 0 amide bonds. The summed E-state index contributed by atoms with van der Waals surface area (Å²) in [6, 6.07) is 3.40. The van der Waals surface area contributed by atoms with Gasteiger partial charge >= 0.3 is 5.63 Å². The fourth-order valence-electron chi connectivity index (χ4n) is 0.958. The molecule has 1 aromatic heterocycles. The minimum absolute atomic E-state index is 0.251. The maximum atomic E-state index is 10.7. The number of unbranched alkanes of at least 4 members (excludes halogenated alkanes) is 1. The number of aryl methyl sites for hydroxylation is 1. The second-order valence-electron chi connectivity index (χ2n) is 2.56. The third kappa shape index (κ3) is 2.58. The summed E-state index contributed by atoms with van der Waals surface area (Å²) in [7, 11) is 0. The van der Waals surface area contributed by atoms with Crippen LogP contribution in [0.25, 0.3) is 0 Å². The van der Waals surface area contributed by atoms with Crippen molar-refractivity contribution in [3.8, 4) is 0 Å². The molecule has 0 spiro atoms. The fraction of sp³-hybridized carbons (Fsp3) is 0.444. The van der Waals surface area contributed by atoms with Crippen LogP contribution in [-0.2, 0) is 6.42 Å². The van der Waals surface area contributed by atoms with Crippen LogP contribution in [0.4, 0.5) is 0 Å². The summed E-state index contributed by atoms with van der Waals surface area (Å²) in [5, 5.41) is 0. The Hall–Kier alpha value is -1.05. The van der Waals surface area contributed by atoms with Crippen LogP contribution in [0.3, 0.4) is 0 Å². The van der Waals surface area contributed by atoms with Crippen molar-refractivity contribution in [1.29, 1.82) is 0 Å². The van der Waals surface area contributed by atoms with Crippen molar-refractivity contribution in [2.45, 2.75) is 26.2 Å². The molecule has 0 aliphatic heterocycles. The summed E-state index contributed by atoms with van der Waals surface area (Å²) < 4.78 is 4.59. The second kappa shape index (κ2) is 3.96. The van der Waals surface area contributed by atoms with Gasteiger partial charge in [-0.25, -0.2) is 4.79 Å². The predicted molar refractivity (Wildman–Crippen MR) is 43.6 cm³/mol. The molecule has 2 nitrogen and oxygen atoms in total. The highest BCUT2D eigenvalue weighted by atomic mass is 16.4. The fourth-order valence-corrected chi connectivity index (χ4v) is 0.958. The lowest BCUT2D eigenvalue weighted by Gasteiger charge is -1.95. The number of hydrogen-bond donors (Lipinski definition) is 0. The summed E-state index contributed by atoms with van der Waals surface area (Å²) in [5.74, 6) is 0. The van der Waals surface area contributed by atoms with E-state index in [0.29, 0.717) is 0 Å². The Kier molecular flexibility index (Phi) is 2.90. The first-order chi connectivity index (χ1) is 5.33. The molecule has 0 bridgehead atoms. The largest absolute Gasteiger partial charge is 0.431 e. The topological polar surface area (TPSA) is 30.2 Å². The van der Waals surface area contributed by atoms with Gasteiger partial charge < -0.3 is 4.42 Å². The van der Waals surface area contributed by atoms with Crippen molar-refractivity contribution in [2.75, 3.05) is 0 Å². The van der Waals surface area contributed by atoms with Crippen molar-refractivity contribution in [1.82, 2.24) is 0 Å². The van der Waals surface area contributed by atoms with Gasteiger partial charge in [0.05, 0.1) is 6.26 Å². The van der Waals surface area contributed by atoms with E-state index in [-0.39, 0.29) is 5.63 Å². The van der Waals surface area contributed by atoms with Gasteiger partial charge in [-0.2, -0.15) is 0 Å². The quantitative estimate of drug-likeness (QED) is 0.663. The van der Waals surface area contributed by atoms with Gasteiger partial charge in [0.1, 0.15) is 0 Å². The zero-order valence-electron chi connectivity index (χ0n) is 6.67. The highest BCUT2D eigenvalue weighted by molar-refractivity contribution is 5.07. The molecule has 0 aliphatic rings. The first kappa shape index (κ1) is 8.05. The van der Waals surface area contributed by atoms with Gasteiger partial charge in [0.2, 0.25) is 0 Å². The van der Waals surface area contributed by atoms with Crippen LogP contribution in [0.2, 0.25) is 0 Å². The summed E-state index contributed by atoms with van der Waals surface area (Å²) in [6.45, 7) is 2.13. The van der Waals surface area contributed by atoms with Crippen LogP contribution in [0.5, 0.6) is 0 Å². The van der Waals surface area contributed by atoms with Crippen LogP contribution in [0.15, 0.2) is 27.6 Å². The van der Waals surface area contributed by atoms with Crippen molar-refractivity contribution in [2.24, 2.45) is 0 Å². The zero-order chi connectivity index (χ0) is 8.10. The summed E-state index contributed by atoms with van der Waals surface area (Å²) in [5.41, 5.74) is 0.821. The Labute approximate surface area is 65.9 Å². The van der Waals surface area contributed by atoms with Crippen LogP contribution < -0.4 is 5.63 Å². The molecule has 0 fully saturated rings. The van der Waals surface area contributed by atoms with E-state index in [4.69, 9.17) is 0 Å². The molecular weight excluding hydrogens is 140 g/mol. The smallest absolute Gasteiger partial charge is 0.335 e. The third-order valence-corrected chi connectivity index (χ3v) is 1.59. The van der Waals surface area contributed by atoms with E-state index < -0.39 is 0 Å². The summed E-state index contributed by atoms with van der Waals surface area (Å²) in [6.07, 6.45) is 4.71. The third-order valence-electron chi connectivity index (χ3n) is 1.59. The van der Waals surface area contributed by atoms with Crippen molar-refractivity contribution in [3.05, 3.63) is 34.4 Å². The Bertz CT molecular complexity index is 262. The van der Waals surface area contributed by atoms with Crippen LogP contribution in [0, 0.1) is 0 Å². The van der Waals surface area contributed by atoms with Gasteiger partial charge in [-0.15, -0.1) is 0 Å². The molecule has 0 saturated heterocycles. The van der Waals surface area contributed by atoms with E-state index in [1.54, 1.807) is 6.07 Å². The van der Waals surface area contributed by atoms with Gasteiger partial charge in [-0.05, 0) is 24.5 Å². The molecule has 0 aliphatic carbocycles. The summed E-state index contributed by atoms with van der Waals surface area (Å²) in [4.78, 5) is 10.7. The molecule has 11 heavy (non-hydrogen) atoms. The first-order valence-electron chi connectivity index (χ1n) is 3.90. The minimum Gasteiger partial charge on any atom is -0.431 e. The van der Waals surface area contributed by atoms with Crippen LogP contribution >= 0.6 is 0 Å². The highest BCUT2D eigenvalue weighted by Crippen LogP contribution is 2.00. The normalized spacial score (nSPS) is 9.91. The van der Waals surface area contributed by atoms with Crippen LogP contribution in [0.1, 0.15) is 25.3 Å². The molecular formula is C9H12O2. The zero-order valence-corrected chi connectivity index (χ0v) is 6.67. The van der Waals surface area contributed by atoms with E-state index in [0.717, 1.165) is 24.8 Å². The number of hydrogen-bond acceptors (Lipinski definition) is 2. The van der Waals surface area contributed by atoms with Gasteiger partial charge in [0, 0.05) is 6.07 Å². The standard InChI is InChI=1S/C9H12O2/c1-2-3-4-8-5-6-11-9(10)7-8/h5-7H,2-4H2,1H3. The van der Waals surface area contributed by atoms with E-state index in [1.165, 1.54) is 6.26 Å². The maximum absolute atomic E-state index is 10.7. The van der Waals surface area contributed by atoms with E-state index >= 15 is 0 Å². The molecule has 0 saturated carbocycles. The Morgan fingerprint density at radius 2 is 2.36 bits per heavy atom. The number of rotatable bonds is 3. The van der Waals surface area contributed by atoms with Crippen molar-refractivity contribution < 1.29 is 4.42 Å². The maximum Gasteiger partial charge on any atom is 0.335 e. The highest BCUT2D eigenvalue weighted by Gasteiger charge is 1.92. The van der Waals surface area contributed by atoms with E-state index in [1.807, 2.05) is 6.07 Å². The molecule has 1 rings (SSSR count). The average molecular weight is 152 g/mol. The monoisotopic (exact) mass is 152 g/mol. The molecule has 0 aromatic carbocycles. The Morgan fingerprint density at radius 1 is 1.55 bits per heavy atom. The van der Waals surface area contributed by atoms with Gasteiger partial charge in [0.15, 0.2) is 0 Å². The lowest BCUT2D eigenvalue weighted by molar-refractivity contribution is 0.507. The average Bonchev–Trinajstić information content (AvgIpc) is 2.01. The Balaban J connectivity index is 2.64. The lowest BCUT2D eigenvalue weighted by Crippen LogP contribution is -1.97. The first-order valence-corrected chi connectivity index (χ1v) is 3.90. The van der Waals surface area contributed by atoms with Crippen LogP contribution in [-0.4, -0.2) is 0 Å². The van der Waals surface area contributed by atoms with Gasteiger partial charge in [-0.3, -0.25) is 0 Å². The molecule has 0 unspecified atom stereocenters. The van der Waals surface area contributed by atoms with E-state index in [9.17, 15) is 4.79 Å². The van der Waals surface area contributed by atoms with Crippen molar-refractivity contribution >= 4 is 0 Å². The van der Waals surface area contributed by atoms with Gasteiger partial charge in [-0.1, -0.05) is 13.3 Å². The second-order valence-corrected chi connectivity index (χ2v) is 2.56. The predicted octanol–water partition coefficient (Wildman–Crippen LogP) is 1.98. The van der Waals surface area contributed by atoms with Crippen molar-refractivity contribution in [3.63, 3.8) is 0 Å². The molecule has 60 valence electrons. The Morgan fingerprint density at radius 3 is 3.00 bits per heavy atom. The molecule has 1 heterocycles. The lowest BCUT2D eigenvalue weighted by atomic mass is 10.1. The minimum atomic E-state index is -0.251. The molecule has 1 aromatic rings. The molecule has 0 N–H and O–H groups in total. The molecule has 0 radical (unpaired) electrons. The van der Waals surface area contributed by atoms with Gasteiger partial charge in [0.25, 0.3) is 0 Å². The van der Waals surface area contributed by atoms with E-state index in [2.05, 4.69) is 11.3 Å².